The molecule has 3 aromatic rings. The van der Waals surface area contributed by atoms with Gasteiger partial charge in [0, 0.05) is 54.9 Å². The summed E-state index contributed by atoms with van der Waals surface area (Å²) in [6.07, 6.45) is 3.90. The van der Waals surface area contributed by atoms with Crippen molar-refractivity contribution in [1.82, 2.24) is 25.0 Å². The zero-order valence-corrected chi connectivity index (χ0v) is 17.2. The molecule has 0 spiro atoms. The SMILES string of the molecule is CC(C)n1ncc2cc(CN3CCNCC3c3cccc(Cl)c3)cnc21.Cl. The molecule has 7 heteroatoms. The number of nitrogens with one attached hydrogen (secondary N) is 1. The van der Waals surface area contributed by atoms with E-state index in [1.54, 1.807) is 0 Å². The quantitative estimate of drug-likeness (QED) is 0.704. The van der Waals surface area contributed by atoms with E-state index < -0.39 is 0 Å². The van der Waals surface area contributed by atoms with Gasteiger partial charge in [-0.15, -0.1) is 12.4 Å². The third-order valence-electron chi connectivity index (χ3n) is 4.95. The first-order chi connectivity index (χ1) is 12.6. The molecule has 1 unspecified atom stereocenters. The van der Waals surface area contributed by atoms with Crippen LogP contribution in [0.1, 0.15) is 37.1 Å². The van der Waals surface area contributed by atoms with Crippen LogP contribution in [0.5, 0.6) is 0 Å². The minimum Gasteiger partial charge on any atom is -0.314 e. The summed E-state index contributed by atoms with van der Waals surface area (Å²) >= 11 is 6.21. The first-order valence-corrected chi connectivity index (χ1v) is 9.52. The summed E-state index contributed by atoms with van der Waals surface area (Å²) in [5, 5.41) is 9.86. The lowest BCUT2D eigenvalue weighted by molar-refractivity contribution is 0.153. The lowest BCUT2D eigenvalue weighted by Crippen LogP contribution is -2.45. The van der Waals surface area contributed by atoms with Crippen molar-refractivity contribution < 1.29 is 0 Å². The molecule has 5 nitrogen and oxygen atoms in total. The summed E-state index contributed by atoms with van der Waals surface area (Å²) in [6, 6.07) is 11.0. The molecule has 1 saturated heterocycles. The third-order valence-corrected chi connectivity index (χ3v) is 5.19. The largest absolute Gasteiger partial charge is 0.314 e. The van der Waals surface area contributed by atoms with Gasteiger partial charge < -0.3 is 5.32 Å². The van der Waals surface area contributed by atoms with Crippen LogP contribution in [-0.2, 0) is 6.54 Å². The average molecular weight is 406 g/mol. The van der Waals surface area contributed by atoms with Gasteiger partial charge in [-0.25, -0.2) is 9.67 Å². The first-order valence-electron chi connectivity index (χ1n) is 9.14. The number of piperazine rings is 1. The van der Waals surface area contributed by atoms with Crippen molar-refractivity contribution in [3.8, 4) is 0 Å². The standard InChI is InChI=1S/C20H24ClN5.ClH/c1-14(2)26-20-17(11-24-26)8-15(10-23-20)13-25-7-6-22-12-19(25)16-4-3-5-18(21)9-16;/h3-5,8-11,14,19,22H,6-7,12-13H2,1-2H3;1H. The van der Waals surface area contributed by atoms with Gasteiger partial charge in [0.15, 0.2) is 5.65 Å². The molecule has 0 radical (unpaired) electrons. The number of benzene rings is 1. The number of pyridine rings is 1. The predicted octanol–water partition coefficient (Wildman–Crippen LogP) is 4.23. The molecule has 1 N–H and O–H groups in total. The maximum Gasteiger partial charge on any atom is 0.157 e. The van der Waals surface area contributed by atoms with Crippen molar-refractivity contribution in [2.24, 2.45) is 0 Å². The van der Waals surface area contributed by atoms with Gasteiger partial charge in [-0.2, -0.15) is 5.10 Å². The van der Waals surface area contributed by atoms with Crippen molar-refractivity contribution >= 4 is 35.0 Å². The molecule has 144 valence electrons. The van der Waals surface area contributed by atoms with Gasteiger partial charge in [-0.3, -0.25) is 4.90 Å². The maximum atomic E-state index is 6.21. The van der Waals surface area contributed by atoms with Crippen LogP contribution in [0.4, 0.5) is 0 Å². The van der Waals surface area contributed by atoms with Crippen LogP contribution in [0.2, 0.25) is 5.02 Å². The molecule has 1 aromatic carbocycles. The van der Waals surface area contributed by atoms with E-state index in [4.69, 9.17) is 11.6 Å². The number of aromatic nitrogens is 3. The molecule has 0 aliphatic carbocycles. The van der Waals surface area contributed by atoms with E-state index >= 15 is 0 Å². The molecule has 0 bridgehead atoms. The second-order valence-corrected chi connectivity index (χ2v) is 7.62. The second kappa shape index (κ2) is 8.57. The van der Waals surface area contributed by atoms with E-state index in [0.717, 1.165) is 42.2 Å². The van der Waals surface area contributed by atoms with E-state index in [2.05, 4.69) is 52.3 Å². The highest BCUT2D eigenvalue weighted by atomic mass is 35.5. The fourth-order valence-electron chi connectivity index (χ4n) is 3.66. The second-order valence-electron chi connectivity index (χ2n) is 7.18. The van der Waals surface area contributed by atoms with Crippen LogP contribution in [0.25, 0.3) is 11.0 Å². The highest BCUT2D eigenvalue weighted by molar-refractivity contribution is 6.30. The van der Waals surface area contributed by atoms with E-state index in [1.165, 1.54) is 11.1 Å². The van der Waals surface area contributed by atoms with Crippen LogP contribution in [0.15, 0.2) is 42.7 Å². The Morgan fingerprint density at radius 3 is 2.89 bits per heavy atom. The Labute approximate surface area is 171 Å². The Kier molecular flexibility index (Phi) is 6.37. The summed E-state index contributed by atoms with van der Waals surface area (Å²) in [5.74, 6) is 0. The number of hydrogen-bond acceptors (Lipinski definition) is 4. The molecule has 1 aliphatic rings. The predicted molar refractivity (Wildman–Crippen MR) is 113 cm³/mol. The average Bonchev–Trinajstić information content (AvgIpc) is 3.06. The Morgan fingerprint density at radius 2 is 2.11 bits per heavy atom. The fourth-order valence-corrected chi connectivity index (χ4v) is 3.86. The van der Waals surface area contributed by atoms with E-state index in [-0.39, 0.29) is 12.4 Å². The smallest absolute Gasteiger partial charge is 0.157 e. The molecule has 1 fully saturated rings. The summed E-state index contributed by atoms with van der Waals surface area (Å²) in [4.78, 5) is 7.17. The van der Waals surface area contributed by atoms with Gasteiger partial charge in [0.2, 0.25) is 0 Å². The van der Waals surface area contributed by atoms with Gasteiger partial charge >= 0.3 is 0 Å². The highest BCUT2D eigenvalue weighted by Crippen LogP contribution is 2.27. The van der Waals surface area contributed by atoms with Crippen molar-refractivity contribution in [3.05, 3.63) is 58.9 Å². The molecule has 0 saturated carbocycles. The van der Waals surface area contributed by atoms with Crippen LogP contribution >= 0.6 is 24.0 Å². The molecular weight excluding hydrogens is 381 g/mol. The Bertz CT molecular complexity index is 908. The van der Waals surface area contributed by atoms with Gasteiger partial charge in [-0.1, -0.05) is 23.7 Å². The molecule has 1 atom stereocenters. The van der Waals surface area contributed by atoms with Crippen molar-refractivity contribution in [2.45, 2.75) is 32.5 Å². The van der Waals surface area contributed by atoms with Crippen LogP contribution in [0.3, 0.4) is 0 Å². The lowest BCUT2D eigenvalue weighted by atomic mass is 10.0. The van der Waals surface area contributed by atoms with E-state index in [1.807, 2.05) is 29.2 Å². The number of fused-ring (bicyclic) bond motifs is 1. The summed E-state index contributed by atoms with van der Waals surface area (Å²) < 4.78 is 1.97. The lowest BCUT2D eigenvalue weighted by Gasteiger charge is -2.36. The van der Waals surface area contributed by atoms with E-state index in [9.17, 15) is 0 Å². The number of rotatable bonds is 4. The van der Waals surface area contributed by atoms with Crippen molar-refractivity contribution in [3.63, 3.8) is 0 Å². The molecule has 4 rings (SSSR count). The van der Waals surface area contributed by atoms with Gasteiger partial charge in [0.1, 0.15) is 0 Å². The highest BCUT2D eigenvalue weighted by Gasteiger charge is 2.24. The van der Waals surface area contributed by atoms with E-state index in [0.29, 0.717) is 12.1 Å². The minimum atomic E-state index is 0. The molecular formula is C20H25Cl2N5. The molecule has 27 heavy (non-hydrogen) atoms. The van der Waals surface area contributed by atoms with Crippen molar-refractivity contribution in [1.29, 1.82) is 0 Å². The zero-order valence-electron chi connectivity index (χ0n) is 15.6. The molecule has 0 amide bonds. The van der Waals surface area contributed by atoms with Crippen LogP contribution in [-0.4, -0.2) is 39.3 Å². The summed E-state index contributed by atoms with van der Waals surface area (Å²) in [6.45, 7) is 8.05. The summed E-state index contributed by atoms with van der Waals surface area (Å²) in [5.41, 5.74) is 3.43. The fraction of sp³-hybridized carbons (Fsp3) is 0.400. The molecule has 2 aromatic heterocycles. The Hall–Kier alpha value is -1.66. The van der Waals surface area contributed by atoms with Gasteiger partial charge in [0.05, 0.1) is 6.20 Å². The zero-order chi connectivity index (χ0) is 18.1. The molecule has 1 aliphatic heterocycles. The number of halogens is 2. The monoisotopic (exact) mass is 405 g/mol. The Balaban J connectivity index is 0.00000210. The number of hydrogen-bond donors (Lipinski definition) is 1. The van der Waals surface area contributed by atoms with Crippen LogP contribution in [0, 0.1) is 0 Å². The maximum absolute atomic E-state index is 6.21. The van der Waals surface area contributed by atoms with Gasteiger partial charge in [-0.05, 0) is 43.2 Å². The third kappa shape index (κ3) is 4.27. The number of nitrogens with zero attached hydrogens (tertiary/aromatic N) is 4. The summed E-state index contributed by atoms with van der Waals surface area (Å²) in [7, 11) is 0. The van der Waals surface area contributed by atoms with Crippen molar-refractivity contribution in [2.75, 3.05) is 19.6 Å². The Morgan fingerprint density at radius 1 is 1.26 bits per heavy atom. The van der Waals surface area contributed by atoms with Crippen LogP contribution < -0.4 is 5.32 Å². The topological polar surface area (TPSA) is 46.0 Å². The minimum absolute atomic E-state index is 0. The molecule has 3 heterocycles. The normalized spacial score (nSPS) is 18.0. The first kappa shape index (κ1) is 20.1. The van der Waals surface area contributed by atoms with Gasteiger partial charge in [0.25, 0.3) is 0 Å².